The van der Waals surface area contributed by atoms with Crippen molar-refractivity contribution in [1.29, 1.82) is 0 Å². The maximum Gasteiger partial charge on any atom is 0.334 e. The quantitative estimate of drug-likeness (QED) is 0.340. The first kappa shape index (κ1) is 30.1. The van der Waals surface area contributed by atoms with Crippen LogP contribution in [0.5, 0.6) is 0 Å². The molecule has 6 rings (SSSR count). The molecular formula is C37H54O5. The van der Waals surface area contributed by atoms with Gasteiger partial charge in [0, 0.05) is 22.5 Å². The Balaban J connectivity index is 1.32. The molecule has 6 aliphatic carbocycles. The first-order valence-corrected chi connectivity index (χ1v) is 16.8. The van der Waals surface area contributed by atoms with Crippen LogP contribution < -0.4 is 0 Å². The Morgan fingerprint density at radius 3 is 2.21 bits per heavy atom. The van der Waals surface area contributed by atoms with E-state index in [1.165, 1.54) is 31.3 Å². The summed E-state index contributed by atoms with van der Waals surface area (Å²) in [6.07, 6.45) is 13.2. The van der Waals surface area contributed by atoms with Gasteiger partial charge in [0.1, 0.15) is 6.10 Å². The number of carboxylic acid groups (broad SMARTS) is 1. The average Bonchev–Trinajstić information content (AvgIpc) is 3.39. The molecule has 4 fully saturated rings. The molecule has 0 heterocycles. The molecule has 0 amide bonds. The number of aliphatic carboxylic acids is 1. The molecule has 42 heavy (non-hydrogen) atoms. The summed E-state index contributed by atoms with van der Waals surface area (Å²) in [6, 6.07) is 0. The van der Waals surface area contributed by atoms with Crippen LogP contribution in [0.15, 0.2) is 22.8 Å². The van der Waals surface area contributed by atoms with Crippen LogP contribution in [0.2, 0.25) is 0 Å². The SMILES string of the molecule is CC1(C)CC[C@]2(C)CCC3(C)C(=CC(=O)C4[C@@]5(C)CC[C@H](OC(=O)C6=C(C(=O)O)CCC6)C(C)(C)C5CC[C@]43C)[C@@H]2C1. The van der Waals surface area contributed by atoms with E-state index in [-0.39, 0.29) is 45.2 Å². The van der Waals surface area contributed by atoms with Crippen molar-refractivity contribution in [2.45, 2.75) is 139 Å². The third-order valence-corrected chi connectivity index (χ3v) is 14.7. The van der Waals surface area contributed by atoms with Crippen molar-refractivity contribution in [3.05, 3.63) is 22.8 Å². The van der Waals surface area contributed by atoms with Crippen LogP contribution in [-0.4, -0.2) is 28.9 Å². The molecule has 0 saturated heterocycles. The summed E-state index contributed by atoms with van der Waals surface area (Å²) in [5.74, 6) is -0.404. The molecule has 0 aromatic carbocycles. The molecule has 232 valence electrons. The maximum absolute atomic E-state index is 14.6. The van der Waals surface area contributed by atoms with Gasteiger partial charge in [0.2, 0.25) is 0 Å². The van der Waals surface area contributed by atoms with Crippen LogP contribution in [0.25, 0.3) is 0 Å². The summed E-state index contributed by atoms with van der Waals surface area (Å²) in [7, 11) is 0. The second-order valence-electron chi connectivity index (χ2n) is 17.7. The fraction of sp³-hybridized carbons (Fsp3) is 0.811. The lowest BCUT2D eigenvalue weighted by molar-refractivity contribution is -0.209. The number of hydrogen-bond acceptors (Lipinski definition) is 4. The number of carbonyl (C=O) groups excluding carboxylic acids is 2. The van der Waals surface area contributed by atoms with E-state index < -0.39 is 11.9 Å². The lowest BCUT2D eigenvalue weighted by Crippen LogP contribution is -2.66. The Morgan fingerprint density at radius 2 is 1.52 bits per heavy atom. The summed E-state index contributed by atoms with van der Waals surface area (Å²) >= 11 is 0. The Bertz CT molecular complexity index is 1280. The van der Waals surface area contributed by atoms with Gasteiger partial charge >= 0.3 is 11.9 Å². The molecule has 0 radical (unpaired) electrons. The van der Waals surface area contributed by atoms with Gasteiger partial charge in [0.05, 0.1) is 0 Å². The van der Waals surface area contributed by atoms with Crippen LogP contribution in [0.4, 0.5) is 0 Å². The number of esters is 1. The van der Waals surface area contributed by atoms with Crippen LogP contribution in [0.1, 0.15) is 132 Å². The number of rotatable bonds is 3. The third-order valence-electron chi connectivity index (χ3n) is 14.7. The van der Waals surface area contributed by atoms with Crippen molar-refractivity contribution in [2.24, 2.45) is 50.2 Å². The van der Waals surface area contributed by atoms with Crippen molar-refractivity contribution in [3.63, 3.8) is 0 Å². The molecule has 0 spiro atoms. The maximum atomic E-state index is 14.6. The normalized spacial score (nSPS) is 45.6. The minimum atomic E-state index is -1.00. The highest BCUT2D eigenvalue weighted by Crippen LogP contribution is 2.75. The van der Waals surface area contributed by atoms with Crippen LogP contribution in [-0.2, 0) is 19.1 Å². The number of hydrogen-bond donors (Lipinski definition) is 1. The molecule has 0 aromatic heterocycles. The van der Waals surface area contributed by atoms with Crippen molar-refractivity contribution in [2.75, 3.05) is 0 Å². The monoisotopic (exact) mass is 578 g/mol. The Kier molecular flexibility index (Phi) is 6.67. The van der Waals surface area contributed by atoms with E-state index in [4.69, 9.17) is 4.74 Å². The van der Waals surface area contributed by atoms with Gasteiger partial charge in [-0.15, -0.1) is 0 Å². The van der Waals surface area contributed by atoms with E-state index in [0.717, 1.165) is 25.7 Å². The molecule has 6 aliphatic rings. The predicted octanol–water partition coefficient (Wildman–Crippen LogP) is 8.46. The van der Waals surface area contributed by atoms with E-state index in [2.05, 4.69) is 61.5 Å². The molecule has 0 bridgehead atoms. The number of carboxylic acids is 1. The molecule has 1 N–H and O–H groups in total. The van der Waals surface area contributed by atoms with Gasteiger partial charge < -0.3 is 9.84 Å². The molecule has 0 aliphatic heterocycles. The topological polar surface area (TPSA) is 80.7 Å². The fourth-order valence-corrected chi connectivity index (χ4v) is 11.9. The zero-order chi connectivity index (χ0) is 30.7. The molecule has 0 aromatic rings. The summed E-state index contributed by atoms with van der Waals surface area (Å²) in [6.45, 7) is 19.1. The standard InChI is InChI=1S/C37H54O5/c1-32(2)16-17-34(5)18-19-36(7)24(25(34)21-32)20-26(38)29-35(6)14-13-28(33(3,4)27(35)12-15-37(29,36)8)42-31(41)23-11-9-10-22(23)30(39)40/h20,25,27-29H,9-19,21H2,1-8H3,(H,39,40)/t25-,27?,28-,29?,34+,35-,36?,37+/m0/s1. The van der Waals surface area contributed by atoms with Crippen LogP contribution in [0, 0.1) is 50.2 Å². The number of ether oxygens (including phenoxy) is 1. The van der Waals surface area contributed by atoms with Gasteiger partial charge in [-0.3, -0.25) is 4.79 Å². The largest absolute Gasteiger partial charge is 0.478 e. The van der Waals surface area contributed by atoms with Gasteiger partial charge in [0.15, 0.2) is 5.78 Å². The second-order valence-corrected chi connectivity index (χ2v) is 17.7. The summed E-state index contributed by atoms with van der Waals surface area (Å²) in [5.41, 5.74) is 2.10. The highest BCUT2D eigenvalue weighted by molar-refractivity contribution is 6.00. The molecule has 5 nitrogen and oxygen atoms in total. The van der Waals surface area contributed by atoms with Gasteiger partial charge in [-0.25, -0.2) is 9.59 Å². The zero-order valence-corrected chi connectivity index (χ0v) is 27.5. The number of fused-ring (bicyclic) bond motifs is 7. The Labute approximate surface area is 253 Å². The molecular weight excluding hydrogens is 524 g/mol. The number of ketones is 1. The Morgan fingerprint density at radius 1 is 0.857 bits per heavy atom. The summed E-state index contributed by atoms with van der Waals surface area (Å²) < 4.78 is 6.19. The number of allylic oxidation sites excluding steroid dienone is 2. The first-order chi connectivity index (χ1) is 19.4. The zero-order valence-electron chi connectivity index (χ0n) is 27.5. The lowest BCUT2D eigenvalue weighted by Gasteiger charge is -2.70. The van der Waals surface area contributed by atoms with E-state index in [1.807, 2.05) is 0 Å². The predicted molar refractivity (Wildman–Crippen MR) is 163 cm³/mol. The smallest absolute Gasteiger partial charge is 0.334 e. The van der Waals surface area contributed by atoms with E-state index in [1.54, 1.807) is 0 Å². The van der Waals surface area contributed by atoms with Crippen molar-refractivity contribution >= 4 is 17.7 Å². The molecule has 5 heteroatoms. The van der Waals surface area contributed by atoms with Crippen molar-refractivity contribution in [3.8, 4) is 0 Å². The Hall–Kier alpha value is -1.91. The molecule has 3 unspecified atom stereocenters. The molecule has 4 saturated carbocycles. The van der Waals surface area contributed by atoms with E-state index in [0.29, 0.717) is 53.8 Å². The van der Waals surface area contributed by atoms with Crippen LogP contribution >= 0.6 is 0 Å². The van der Waals surface area contributed by atoms with Gasteiger partial charge in [0.25, 0.3) is 0 Å². The van der Waals surface area contributed by atoms with Gasteiger partial charge in [-0.2, -0.15) is 0 Å². The fourth-order valence-electron chi connectivity index (χ4n) is 11.9. The third kappa shape index (κ3) is 4.03. The summed E-state index contributed by atoms with van der Waals surface area (Å²) in [4.78, 5) is 39.5. The number of carbonyl (C=O) groups is 3. The van der Waals surface area contributed by atoms with Crippen LogP contribution in [0.3, 0.4) is 0 Å². The van der Waals surface area contributed by atoms with Gasteiger partial charge in [-0.05, 0) is 122 Å². The minimum absolute atomic E-state index is 0.0206. The first-order valence-electron chi connectivity index (χ1n) is 16.8. The van der Waals surface area contributed by atoms with E-state index in [9.17, 15) is 19.5 Å². The highest BCUT2D eigenvalue weighted by atomic mass is 16.5. The second kappa shape index (κ2) is 9.30. The van der Waals surface area contributed by atoms with Crippen molar-refractivity contribution < 1.29 is 24.2 Å². The highest BCUT2D eigenvalue weighted by Gasteiger charge is 2.70. The van der Waals surface area contributed by atoms with Gasteiger partial charge in [-0.1, -0.05) is 61.0 Å². The lowest BCUT2D eigenvalue weighted by atomic mass is 9.33. The summed E-state index contributed by atoms with van der Waals surface area (Å²) in [5, 5.41) is 9.59. The average molecular weight is 579 g/mol. The van der Waals surface area contributed by atoms with E-state index >= 15 is 0 Å². The minimum Gasteiger partial charge on any atom is -0.478 e. The van der Waals surface area contributed by atoms with Crippen molar-refractivity contribution in [1.82, 2.24) is 0 Å². The molecule has 8 atom stereocenters.